The van der Waals surface area contributed by atoms with Gasteiger partial charge in [-0.05, 0) is 60.4 Å². The first-order chi connectivity index (χ1) is 16.7. The second-order valence-corrected chi connectivity index (χ2v) is 10.8. The third-order valence-corrected chi connectivity index (χ3v) is 7.45. The van der Waals surface area contributed by atoms with Crippen LogP contribution in [-0.2, 0) is 9.84 Å². The number of amides is 3. The smallest absolute Gasteiger partial charge is 0.328 e. The molecule has 5 rings (SSSR count). The van der Waals surface area contributed by atoms with Gasteiger partial charge < -0.3 is 9.32 Å². The van der Waals surface area contributed by atoms with Crippen LogP contribution in [0, 0.1) is 0 Å². The van der Waals surface area contributed by atoms with Gasteiger partial charge in [0.05, 0.1) is 29.1 Å². The summed E-state index contributed by atoms with van der Waals surface area (Å²) in [6.07, 6.45) is 4.53. The van der Waals surface area contributed by atoms with Crippen molar-refractivity contribution in [2.45, 2.75) is 17.7 Å². The minimum atomic E-state index is -3.31. The van der Waals surface area contributed by atoms with E-state index in [9.17, 15) is 18.0 Å². The molecule has 1 aromatic heterocycles. The number of hydrogen-bond acceptors (Lipinski definition) is 5. The zero-order valence-electron chi connectivity index (χ0n) is 19.3. The quantitative estimate of drug-likeness (QED) is 0.536. The molecule has 0 unspecified atom stereocenters. The molecule has 0 saturated carbocycles. The number of benzene rings is 2. The molecule has 0 bridgehead atoms. The number of furan rings is 1. The lowest BCUT2D eigenvalue weighted by molar-refractivity contribution is 0.0961. The van der Waals surface area contributed by atoms with Crippen molar-refractivity contribution < 1.29 is 22.4 Å². The SMILES string of the molecule is C=C1CN(C(=O)c2ccco2)c2cc(-c3ccc(S(C)(=O)=O)cc3)ccc2N1C(=O)N1CCCC1. The fourth-order valence-corrected chi connectivity index (χ4v) is 5.14. The molecule has 0 aliphatic carbocycles. The molecule has 2 aliphatic rings. The molecule has 0 N–H and O–H groups in total. The lowest BCUT2D eigenvalue weighted by Crippen LogP contribution is -2.48. The van der Waals surface area contributed by atoms with Crippen molar-refractivity contribution in [1.82, 2.24) is 4.90 Å². The number of anilines is 2. The molecule has 2 aliphatic heterocycles. The van der Waals surface area contributed by atoms with Gasteiger partial charge in [0.15, 0.2) is 15.6 Å². The number of rotatable bonds is 3. The van der Waals surface area contributed by atoms with Crippen molar-refractivity contribution in [2.24, 2.45) is 0 Å². The monoisotopic (exact) mass is 491 g/mol. The summed E-state index contributed by atoms with van der Waals surface area (Å²) in [7, 11) is -3.31. The zero-order chi connectivity index (χ0) is 24.7. The Morgan fingerprint density at radius 1 is 0.943 bits per heavy atom. The Bertz CT molecular complexity index is 1410. The highest BCUT2D eigenvalue weighted by atomic mass is 32.2. The molecule has 35 heavy (non-hydrogen) atoms. The first-order valence-corrected chi connectivity index (χ1v) is 13.2. The van der Waals surface area contributed by atoms with E-state index in [1.54, 1.807) is 57.2 Å². The molecule has 0 atom stereocenters. The van der Waals surface area contributed by atoms with E-state index in [1.807, 2.05) is 12.1 Å². The van der Waals surface area contributed by atoms with E-state index in [1.165, 1.54) is 6.26 Å². The Labute approximate surface area is 204 Å². The maximum Gasteiger partial charge on any atom is 0.328 e. The van der Waals surface area contributed by atoms with Gasteiger partial charge in [-0.1, -0.05) is 24.8 Å². The summed E-state index contributed by atoms with van der Waals surface area (Å²) in [4.78, 5) is 31.9. The molecule has 3 heterocycles. The van der Waals surface area contributed by atoms with Crippen LogP contribution in [0.5, 0.6) is 0 Å². The van der Waals surface area contributed by atoms with Crippen LogP contribution in [0.15, 0.2) is 82.4 Å². The Balaban J connectivity index is 1.59. The maximum absolute atomic E-state index is 13.4. The van der Waals surface area contributed by atoms with E-state index >= 15 is 0 Å². The fourth-order valence-electron chi connectivity index (χ4n) is 4.51. The number of hydrogen-bond donors (Lipinski definition) is 0. The van der Waals surface area contributed by atoms with Crippen LogP contribution in [0.4, 0.5) is 16.2 Å². The molecule has 3 aromatic rings. The van der Waals surface area contributed by atoms with Gasteiger partial charge in [0.2, 0.25) is 0 Å². The summed E-state index contributed by atoms with van der Waals surface area (Å²) in [5.74, 6) is -0.152. The second-order valence-electron chi connectivity index (χ2n) is 8.75. The summed E-state index contributed by atoms with van der Waals surface area (Å²) in [6.45, 7) is 5.62. The van der Waals surface area contributed by atoms with Crippen LogP contribution in [0.2, 0.25) is 0 Å². The fraction of sp³-hybridized carbons (Fsp3) is 0.231. The van der Waals surface area contributed by atoms with E-state index in [-0.39, 0.29) is 29.1 Å². The van der Waals surface area contributed by atoms with Gasteiger partial charge in [-0.3, -0.25) is 14.6 Å². The van der Waals surface area contributed by atoms with Gasteiger partial charge in [0.1, 0.15) is 0 Å². The van der Waals surface area contributed by atoms with Crippen LogP contribution in [0.25, 0.3) is 11.1 Å². The van der Waals surface area contributed by atoms with Gasteiger partial charge in [-0.25, -0.2) is 13.2 Å². The second kappa shape index (κ2) is 8.74. The third kappa shape index (κ3) is 4.23. The van der Waals surface area contributed by atoms with E-state index in [0.717, 1.165) is 30.2 Å². The summed E-state index contributed by atoms with van der Waals surface area (Å²) in [5, 5.41) is 0. The number of sulfone groups is 1. The molecule has 1 saturated heterocycles. The minimum Gasteiger partial charge on any atom is -0.459 e. The van der Waals surface area contributed by atoms with Gasteiger partial charge in [-0.2, -0.15) is 0 Å². The van der Waals surface area contributed by atoms with E-state index in [0.29, 0.717) is 30.2 Å². The highest BCUT2D eigenvalue weighted by Crippen LogP contribution is 2.41. The molecule has 180 valence electrons. The Morgan fingerprint density at radius 2 is 1.63 bits per heavy atom. The minimum absolute atomic E-state index is 0.128. The van der Waals surface area contributed by atoms with Gasteiger partial charge >= 0.3 is 6.03 Å². The zero-order valence-corrected chi connectivity index (χ0v) is 20.1. The highest BCUT2D eigenvalue weighted by Gasteiger charge is 2.36. The normalized spacial score (nSPS) is 15.9. The van der Waals surface area contributed by atoms with Crippen molar-refractivity contribution in [3.63, 3.8) is 0 Å². The first kappa shape index (κ1) is 22.9. The molecular weight excluding hydrogens is 466 g/mol. The molecule has 8 nitrogen and oxygen atoms in total. The molecule has 0 radical (unpaired) electrons. The van der Waals surface area contributed by atoms with Gasteiger partial charge in [0, 0.05) is 25.0 Å². The lowest BCUT2D eigenvalue weighted by Gasteiger charge is -2.39. The Kier molecular flexibility index (Phi) is 5.72. The van der Waals surface area contributed by atoms with Crippen LogP contribution < -0.4 is 9.80 Å². The number of urea groups is 1. The third-order valence-electron chi connectivity index (χ3n) is 6.32. The topological polar surface area (TPSA) is 91.1 Å². The van der Waals surface area contributed by atoms with E-state index in [2.05, 4.69) is 6.58 Å². The Morgan fingerprint density at radius 3 is 2.26 bits per heavy atom. The summed E-state index contributed by atoms with van der Waals surface area (Å²) in [6, 6.07) is 15.2. The van der Waals surface area contributed by atoms with Crippen molar-refractivity contribution in [3.8, 4) is 11.1 Å². The standard InChI is InChI=1S/C26H25N3O5S/c1-18-17-28(25(30)24-6-5-15-34-24)23-16-20(19-7-10-21(11-8-19)35(2,32)33)9-12-22(23)29(18)26(31)27-13-3-4-14-27/h5-12,15-16H,1,3-4,13-14,17H2,2H3. The number of fused-ring (bicyclic) bond motifs is 1. The van der Waals surface area contributed by atoms with E-state index < -0.39 is 9.84 Å². The summed E-state index contributed by atoms with van der Waals surface area (Å²) < 4.78 is 29.0. The number of likely N-dealkylation sites (tertiary alicyclic amines) is 1. The molecular formula is C26H25N3O5S. The van der Waals surface area contributed by atoms with Crippen LogP contribution in [0.3, 0.4) is 0 Å². The highest BCUT2D eigenvalue weighted by molar-refractivity contribution is 7.90. The average Bonchev–Trinajstić information content (AvgIpc) is 3.57. The lowest BCUT2D eigenvalue weighted by atomic mass is 10.0. The molecule has 3 amide bonds. The molecule has 2 aromatic carbocycles. The molecule has 9 heteroatoms. The van der Waals surface area contributed by atoms with Crippen molar-refractivity contribution in [2.75, 3.05) is 35.7 Å². The van der Waals surface area contributed by atoms with E-state index in [4.69, 9.17) is 4.42 Å². The predicted octanol–water partition coefficient (Wildman–Crippen LogP) is 4.55. The number of nitrogens with zero attached hydrogens (tertiary/aromatic N) is 3. The van der Waals surface area contributed by atoms with Crippen molar-refractivity contribution >= 4 is 33.2 Å². The van der Waals surface area contributed by atoms with Crippen molar-refractivity contribution in [3.05, 3.63) is 78.9 Å². The number of carbonyl (C=O) groups excluding carboxylic acids is 2. The number of carbonyl (C=O) groups is 2. The van der Waals surface area contributed by atoms with Crippen LogP contribution in [0.1, 0.15) is 23.4 Å². The summed E-state index contributed by atoms with van der Waals surface area (Å²) >= 11 is 0. The van der Waals surface area contributed by atoms with Gasteiger partial charge in [0.25, 0.3) is 5.91 Å². The van der Waals surface area contributed by atoms with Crippen molar-refractivity contribution in [1.29, 1.82) is 0 Å². The molecule has 0 spiro atoms. The summed E-state index contributed by atoms with van der Waals surface area (Å²) in [5.41, 5.74) is 3.18. The van der Waals surface area contributed by atoms with Gasteiger partial charge in [-0.15, -0.1) is 0 Å². The Hall–Kier alpha value is -3.85. The largest absolute Gasteiger partial charge is 0.459 e. The predicted molar refractivity (Wildman–Crippen MR) is 133 cm³/mol. The molecule has 1 fully saturated rings. The average molecular weight is 492 g/mol. The van der Waals surface area contributed by atoms with Crippen LogP contribution >= 0.6 is 0 Å². The maximum atomic E-state index is 13.4. The van der Waals surface area contributed by atoms with Crippen LogP contribution in [-0.4, -0.2) is 51.1 Å². The first-order valence-electron chi connectivity index (χ1n) is 11.3.